The van der Waals surface area contributed by atoms with Gasteiger partial charge >= 0.3 is 0 Å². The normalized spacial score (nSPS) is 23.8. The number of hydrogen-bond donors (Lipinski definition) is 0. The summed E-state index contributed by atoms with van der Waals surface area (Å²) in [6, 6.07) is 15.3. The summed E-state index contributed by atoms with van der Waals surface area (Å²) in [7, 11) is 0. The van der Waals surface area contributed by atoms with Crippen LogP contribution in [0.3, 0.4) is 0 Å². The number of carbonyl (C=O) groups is 1. The van der Waals surface area contributed by atoms with E-state index < -0.39 is 0 Å². The first kappa shape index (κ1) is 14.0. The number of allylic oxidation sites excluding steroid dienone is 1. The van der Waals surface area contributed by atoms with E-state index in [0.29, 0.717) is 12.0 Å². The minimum atomic E-state index is 0.209. The SMILES string of the molecule is O=C(c1ccc2c(c1)C=CC2)N1CCCC2c3ccccc3C[C@@H]21. The van der Waals surface area contributed by atoms with Gasteiger partial charge in [0.25, 0.3) is 5.91 Å². The van der Waals surface area contributed by atoms with Crippen LogP contribution in [-0.4, -0.2) is 23.4 Å². The van der Waals surface area contributed by atoms with Crippen LogP contribution in [0.15, 0.2) is 48.5 Å². The van der Waals surface area contributed by atoms with E-state index in [1.165, 1.54) is 28.7 Å². The van der Waals surface area contributed by atoms with Crippen LogP contribution in [0.25, 0.3) is 6.08 Å². The summed E-state index contributed by atoms with van der Waals surface area (Å²) in [5.74, 6) is 0.730. The highest BCUT2D eigenvalue weighted by Crippen LogP contribution is 2.42. The van der Waals surface area contributed by atoms with Crippen molar-refractivity contribution in [3.05, 3.63) is 76.4 Å². The van der Waals surface area contributed by atoms with E-state index in [1.807, 2.05) is 6.07 Å². The van der Waals surface area contributed by atoms with E-state index in [4.69, 9.17) is 0 Å². The van der Waals surface area contributed by atoms with Gasteiger partial charge in [0.15, 0.2) is 0 Å². The molecule has 1 heterocycles. The van der Waals surface area contributed by atoms with Gasteiger partial charge in [-0.25, -0.2) is 0 Å². The van der Waals surface area contributed by atoms with Crippen molar-refractivity contribution < 1.29 is 4.79 Å². The molecule has 2 nitrogen and oxygen atoms in total. The van der Waals surface area contributed by atoms with Crippen LogP contribution >= 0.6 is 0 Å². The van der Waals surface area contributed by atoms with Gasteiger partial charge in [-0.1, -0.05) is 42.5 Å². The van der Waals surface area contributed by atoms with Crippen molar-refractivity contribution in [1.82, 2.24) is 4.90 Å². The molecule has 120 valence electrons. The standard InChI is InChI=1S/C22H21NO/c24-22(18-11-10-15-6-3-7-16(15)13-18)23-12-4-9-20-19-8-2-1-5-17(19)14-21(20)23/h1-3,5,7-8,10-11,13,20-21H,4,6,9,12,14H2/t20?,21-/m0/s1. The van der Waals surface area contributed by atoms with Gasteiger partial charge in [-0.2, -0.15) is 0 Å². The second-order valence-corrected chi connectivity index (χ2v) is 7.24. The summed E-state index contributed by atoms with van der Waals surface area (Å²) in [6.45, 7) is 0.890. The molecule has 1 amide bonds. The molecule has 1 saturated heterocycles. The molecule has 0 spiro atoms. The van der Waals surface area contributed by atoms with E-state index in [1.54, 1.807) is 0 Å². The van der Waals surface area contributed by atoms with Crippen LogP contribution in [0, 0.1) is 0 Å². The summed E-state index contributed by atoms with van der Waals surface area (Å²) in [5.41, 5.74) is 6.29. The molecule has 2 aromatic rings. The number of rotatable bonds is 1. The molecular weight excluding hydrogens is 294 g/mol. The van der Waals surface area contributed by atoms with Crippen LogP contribution in [0.1, 0.15) is 51.4 Å². The lowest BCUT2D eigenvalue weighted by atomic mass is 9.88. The molecule has 2 aliphatic carbocycles. The van der Waals surface area contributed by atoms with Crippen LogP contribution < -0.4 is 0 Å². The van der Waals surface area contributed by atoms with E-state index in [9.17, 15) is 4.79 Å². The highest BCUT2D eigenvalue weighted by Gasteiger charge is 2.40. The predicted octanol–water partition coefficient (Wildman–Crippen LogP) is 4.20. The van der Waals surface area contributed by atoms with Crippen molar-refractivity contribution in [2.45, 2.75) is 37.6 Å². The highest BCUT2D eigenvalue weighted by molar-refractivity contribution is 5.95. The summed E-state index contributed by atoms with van der Waals surface area (Å²) >= 11 is 0. The van der Waals surface area contributed by atoms with Crippen LogP contribution in [-0.2, 0) is 12.8 Å². The number of benzene rings is 2. The molecule has 0 aromatic heterocycles. The quantitative estimate of drug-likeness (QED) is 0.772. The summed E-state index contributed by atoms with van der Waals surface area (Å²) in [4.78, 5) is 15.3. The molecule has 2 heteroatoms. The molecule has 1 fully saturated rings. The van der Waals surface area contributed by atoms with Gasteiger partial charge in [-0.3, -0.25) is 4.79 Å². The molecule has 1 aliphatic heterocycles. The number of amides is 1. The lowest BCUT2D eigenvalue weighted by Crippen LogP contribution is -2.46. The molecule has 3 aliphatic rings. The molecule has 2 atom stereocenters. The molecule has 0 bridgehead atoms. The Hall–Kier alpha value is -2.35. The van der Waals surface area contributed by atoms with Crippen molar-refractivity contribution >= 4 is 12.0 Å². The number of carbonyl (C=O) groups excluding carboxylic acids is 1. The van der Waals surface area contributed by atoms with Crippen molar-refractivity contribution in [1.29, 1.82) is 0 Å². The third-order valence-electron chi connectivity index (χ3n) is 5.95. The smallest absolute Gasteiger partial charge is 0.254 e. The fraction of sp³-hybridized carbons (Fsp3) is 0.318. The van der Waals surface area contributed by atoms with Gasteiger partial charge < -0.3 is 4.90 Å². The van der Waals surface area contributed by atoms with Gasteiger partial charge in [-0.05, 0) is 60.1 Å². The molecule has 0 radical (unpaired) electrons. The topological polar surface area (TPSA) is 20.3 Å². The van der Waals surface area contributed by atoms with Gasteiger partial charge in [0.2, 0.25) is 0 Å². The molecule has 24 heavy (non-hydrogen) atoms. The van der Waals surface area contributed by atoms with Gasteiger partial charge in [-0.15, -0.1) is 0 Å². The molecule has 2 aromatic carbocycles. The van der Waals surface area contributed by atoms with Crippen molar-refractivity contribution in [2.75, 3.05) is 6.54 Å². The zero-order valence-electron chi connectivity index (χ0n) is 13.7. The molecule has 0 saturated carbocycles. The maximum atomic E-state index is 13.2. The van der Waals surface area contributed by atoms with E-state index >= 15 is 0 Å². The van der Waals surface area contributed by atoms with Crippen molar-refractivity contribution in [3.63, 3.8) is 0 Å². The number of nitrogens with zero attached hydrogens (tertiary/aromatic N) is 1. The molecule has 5 rings (SSSR count). The molecule has 1 unspecified atom stereocenters. The van der Waals surface area contributed by atoms with Gasteiger partial charge in [0.05, 0.1) is 0 Å². The second-order valence-electron chi connectivity index (χ2n) is 7.24. The molecular formula is C22H21NO. The van der Waals surface area contributed by atoms with Crippen LogP contribution in [0.2, 0.25) is 0 Å². The van der Waals surface area contributed by atoms with E-state index in [-0.39, 0.29) is 5.91 Å². The zero-order valence-corrected chi connectivity index (χ0v) is 13.7. The number of piperidine rings is 1. The largest absolute Gasteiger partial charge is 0.335 e. The first-order valence-corrected chi connectivity index (χ1v) is 8.99. The average molecular weight is 315 g/mol. The van der Waals surface area contributed by atoms with Crippen molar-refractivity contribution in [3.8, 4) is 0 Å². The van der Waals surface area contributed by atoms with Gasteiger partial charge in [0, 0.05) is 24.1 Å². The Morgan fingerprint density at radius 3 is 2.96 bits per heavy atom. The first-order chi connectivity index (χ1) is 11.8. The third-order valence-corrected chi connectivity index (χ3v) is 5.95. The van der Waals surface area contributed by atoms with Crippen molar-refractivity contribution in [2.24, 2.45) is 0 Å². The van der Waals surface area contributed by atoms with E-state index in [2.05, 4.69) is 53.5 Å². The molecule has 0 N–H and O–H groups in total. The monoisotopic (exact) mass is 315 g/mol. The Kier molecular flexibility index (Phi) is 3.12. The van der Waals surface area contributed by atoms with E-state index in [0.717, 1.165) is 31.4 Å². The predicted molar refractivity (Wildman–Crippen MR) is 96.1 cm³/mol. The van der Waals surface area contributed by atoms with Gasteiger partial charge in [0.1, 0.15) is 0 Å². The average Bonchev–Trinajstić information content (AvgIpc) is 3.24. The summed E-state index contributed by atoms with van der Waals surface area (Å²) in [5, 5.41) is 0. The zero-order chi connectivity index (χ0) is 16.1. The van der Waals surface area contributed by atoms with Crippen LogP contribution in [0.4, 0.5) is 0 Å². The lowest BCUT2D eigenvalue weighted by Gasteiger charge is -2.38. The maximum Gasteiger partial charge on any atom is 0.254 e. The highest BCUT2D eigenvalue weighted by atomic mass is 16.2. The third kappa shape index (κ3) is 2.06. The Bertz CT molecular complexity index is 851. The first-order valence-electron chi connectivity index (χ1n) is 8.99. The number of hydrogen-bond acceptors (Lipinski definition) is 1. The Morgan fingerprint density at radius 1 is 1.08 bits per heavy atom. The minimum Gasteiger partial charge on any atom is -0.335 e. The lowest BCUT2D eigenvalue weighted by molar-refractivity contribution is 0.0595. The number of fused-ring (bicyclic) bond motifs is 4. The summed E-state index contributed by atoms with van der Waals surface area (Å²) in [6.07, 6.45) is 8.62. The van der Waals surface area contributed by atoms with Crippen LogP contribution in [0.5, 0.6) is 0 Å². The maximum absolute atomic E-state index is 13.2. The Morgan fingerprint density at radius 2 is 2.00 bits per heavy atom. The second kappa shape index (κ2) is 5.34. The fourth-order valence-electron chi connectivity index (χ4n) is 4.78. The fourth-order valence-corrected chi connectivity index (χ4v) is 4.78. The Labute approximate surface area is 142 Å². The number of likely N-dealkylation sites (tertiary alicyclic amines) is 1. The Balaban J connectivity index is 1.47. The summed E-state index contributed by atoms with van der Waals surface area (Å²) < 4.78 is 0. The minimum absolute atomic E-state index is 0.209.